The molecule has 0 aliphatic heterocycles. The standard InChI is InChI=1S/C27H24N4O3S/c1-17(19-8-7-18-5-3-4-6-20(18)15-19)31-25-14-9-21(26(28)32)16-24(25)30-27(31)29-22-10-12-23(13-11-22)35(2,33)34/h3-17H,1-2H3,(H2,28,32)(H,29,30)/t17-/m0/s1. The molecule has 1 aromatic heterocycles. The van der Waals surface area contributed by atoms with Crippen LogP contribution in [0.25, 0.3) is 21.8 Å². The van der Waals surface area contributed by atoms with Crippen molar-refractivity contribution in [3.63, 3.8) is 0 Å². The Morgan fingerprint density at radius 1 is 0.943 bits per heavy atom. The van der Waals surface area contributed by atoms with Crippen molar-refractivity contribution in [1.82, 2.24) is 9.55 Å². The maximum absolute atomic E-state index is 11.8. The first-order valence-electron chi connectivity index (χ1n) is 11.1. The fraction of sp³-hybridized carbons (Fsp3) is 0.111. The zero-order chi connectivity index (χ0) is 24.7. The molecule has 0 saturated heterocycles. The number of imidazole rings is 1. The Morgan fingerprint density at radius 3 is 2.34 bits per heavy atom. The third-order valence-corrected chi connectivity index (χ3v) is 7.28. The first kappa shape index (κ1) is 22.6. The Morgan fingerprint density at radius 2 is 1.66 bits per heavy atom. The SMILES string of the molecule is C[C@@H](c1ccc2ccccc2c1)n1c(Nc2ccc(S(C)(=O)=O)cc2)nc2cc(C(N)=O)ccc21. The predicted octanol–water partition coefficient (Wildman–Crippen LogP) is 5.04. The lowest BCUT2D eigenvalue weighted by molar-refractivity contribution is 0.100. The third-order valence-electron chi connectivity index (χ3n) is 6.16. The molecule has 4 aromatic carbocycles. The molecule has 0 fully saturated rings. The number of nitrogens with two attached hydrogens (primary N) is 1. The van der Waals surface area contributed by atoms with Crippen LogP contribution in [0.15, 0.2) is 89.8 Å². The molecule has 0 aliphatic carbocycles. The van der Waals surface area contributed by atoms with Crippen LogP contribution in [0.2, 0.25) is 0 Å². The summed E-state index contributed by atoms with van der Waals surface area (Å²) < 4.78 is 25.7. The van der Waals surface area contributed by atoms with E-state index in [9.17, 15) is 13.2 Å². The smallest absolute Gasteiger partial charge is 0.248 e. The summed E-state index contributed by atoms with van der Waals surface area (Å²) in [6.45, 7) is 2.09. The average Bonchev–Trinajstić information content (AvgIpc) is 3.20. The van der Waals surface area contributed by atoms with Gasteiger partial charge in [-0.3, -0.25) is 4.79 Å². The summed E-state index contributed by atoms with van der Waals surface area (Å²) >= 11 is 0. The number of aromatic nitrogens is 2. The van der Waals surface area contributed by atoms with Crippen LogP contribution in [0.3, 0.4) is 0 Å². The molecule has 0 unspecified atom stereocenters. The van der Waals surface area contributed by atoms with E-state index in [0.717, 1.165) is 21.9 Å². The van der Waals surface area contributed by atoms with Gasteiger partial charge in [0.25, 0.3) is 0 Å². The van der Waals surface area contributed by atoms with E-state index in [1.165, 1.54) is 6.26 Å². The fourth-order valence-electron chi connectivity index (χ4n) is 4.26. The zero-order valence-electron chi connectivity index (χ0n) is 19.3. The van der Waals surface area contributed by atoms with E-state index in [0.29, 0.717) is 22.7 Å². The van der Waals surface area contributed by atoms with Gasteiger partial charge in [0.1, 0.15) is 0 Å². The molecule has 35 heavy (non-hydrogen) atoms. The van der Waals surface area contributed by atoms with Crippen molar-refractivity contribution in [2.24, 2.45) is 5.73 Å². The van der Waals surface area contributed by atoms with Crippen molar-refractivity contribution in [3.8, 4) is 0 Å². The molecule has 1 atom stereocenters. The Kier molecular flexibility index (Phi) is 5.53. The van der Waals surface area contributed by atoms with E-state index < -0.39 is 15.7 Å². The molecule has 176 valence electrons. The summed E-state index contributed by atoms with van der Waals surface area (Å²) in [5.41, 5.74) is 9.12. The molecular weight excluding hydrogens is 460 g/mol. The Hall–Kier alpha value is -4.17. The molecular formula is C27H24N4O3S. The van der Waals surface area contributed by atoms with Crippen molar-refractivity contribution >= 4 is 49.2 Å². The van der Waals surface area contributed by atoms with Crippen LogP contribution in [0, 0.1) is 0 Å². The number of nitrogens with zero attached hydrogens (tertiary/aromatic N) is 2. The van der Waals surface area contributed by atoms with E-state index in [1.807, 2.05) is 18.2 Å². The lowest BCUT2D eigenvalue weighted by atomic mass is 10.0. The molecule has 7 nitrogen and oxygen atoms in total. The van der Waals surface area contributed by atoms with Gasteiger partial charge in [-0.15, -0.1) is 0 Å². The molecule has 0 aliphatic rings. The number of fused-ring (bicyclic) bond motifs is 2. The molecule has 1 amide bonds. The molecule has 0 bridgehead atoms. The number of anilines is 2. The second-order valence-electron chi connectivity index (χ2n) is 8.58. The van der Waals surface area contributed by atoms with Crippen molar-refractivity contribution in [2.75, 3.05) is 11.6 Å². The minimum Gasteiger partial charge on any atom is -0.366 e. The van der Waals surface area contributed by atoms with Crippen LogP contribution in [0.4, 0.5) is 11.6 Å². The second kappa shape index (κ2) is 8.56. The maximum atomic E-state index is 11.8. The predicted molar refractivity (Wildman–Crippen MR) is 139 cm³/mol. The number of carbonyl (C=O) groups is 1. The molecule has 3 N–H and O–H groups in total. The first-order chi connectivity index (χ1) is 16.7. The molecule has 5 aromatic rings. The quantitative estimate of drug-likeness (QED) is 0.351. The lowest BCUT2D eigenvalue weighted by Crippen LogP contribution is -2.11. The highest BCUT2D eigenvalue weighted by molar-refractivity contribution is 7.90. The number of nitrogens with one attached hydrogen (secondary N) is 1. The molecule has 0 saturated carbocycles. The average molecular weight is 485 g/mol. The number of benzene rings is 4. The monoisotopic (exact) mass is 484 g/mol. The van der Waals surface area contributed by atoms with Crippen molar-refractivity contribution < 1.29 is 13.2 Å². The summed E-state index contributed by atoms with van der Waals surface area (Å²) in [6.07, 6.45) is 1.18. The second-order valence-corrected chi connectivity index (χ2v) is 10.6. The fourth-order valence-corrected chi connectivity index (χ4v) is 4.89. The van der Waals surface area contributed by atoms with E-state index in [1.54, 1.807) is 36.4 Å². The van der Waals surface area contributed by atoms with Crippen LogP contribution in [0.5, 0.6) is 0 Å². The van der Waals surface area contributed by atoms with Crippen LogP contribution >= 0.6 is 0 Å². The number of primary amides is 1. The largest absolute Gasteiger partial charge is 0.366 e. The molecule has 8 heteroatoms. The normalized spacial score (nSPS) is 12.6. The molecule has 0 radical (unpaired) electrons. The van der Waals surface area contributed by atoms with Gasteiger partial charge in [0.15, 0.2) is 9.84 Å². The highest BCUT2D eigenvalue weighted by Crippen LogP contribution is 2.32. The van der Waals surface area contributed by atoms with Crippen LogP contribution < -0.4 is 11.1 Å². The number of carbonyl (C=O) groups excluding carboxylic acids is 1. The van der Waals surface area contributed by atoms with Crippen molar-refractivity contribution in [1.29, 1.82) is 0 Å². The number of hydrogen-bond donors (Lipinski definition) is 2. The van der Waals surface area contributed by atoms with Crippen LogP contribution in [0.1, 0.15) is 28.9 Å². The van der Waals surface area contributed by atoms with Gasteiger partial charge < -0.3 is 15.6 Å². The Labute approximate surface area is 203 Å². The van der Waals surface area contributed by atoms with Gasteiger partial charge in [-0.1, -0.05) is 36.4 Å². The van der Waals surface area contributed by atoms with Crippen molar-refractivity contribution in [3.05, 3.63) is 96.1 Å². The molecule has 0 spiro atoms. The van der Waals surface area contributed by atoms with Gasteiger partial charge in [-0.2, -0.15) is 0 Å². The van der Waals surface area contributed by atoms with E-state index in [-0.39, 0.29) is 10.9 Å². The first-order valence-corrected chi connectivity index (χ1v) is 13.0. The van der Waals surface area contributed by atoms with E-state index >= 15 is 0 Å². The Bertz CT molecular complexity index is 1690. The van der Waals surface area contributed by atoms with E-state index in [4.69, 9.17) is 10.7 Å². The lowest BCUT2D eigenvalue weighted by Gasteiger charge is -2.19. The molecule has 1 heterocycles. The number of hydrogen-bond acceptors (Lipinski definition) is 5. The van der Waals surface area contributed by atoms with Gasteiger partial charge in [-0.05, 0) is 71.8 Å². The summed E-state index contributed by atoms with van der Waals surface area (Å²) in [6, 6.07) is 26.2. The highest BCUT2D eigenvalue weighted by Gasteiger charge is 2.19. The number of rotatable bonds is 6. The van der Waals surface area contributed by atoms with Gasteiger partial charge in [0.2, 0.25) is 11.9 Å². The van der Waals surface area contributed by atoms with Crippen LogP contribution in [-0.2, 0) is 9.84 Å². The molecule has 5 rings (SSSR count). The summed E-state index contributed by atoms with van der Waals surface area (Å²) in [5, 5.41) is 5.62. The van der Waals surface area contributed by atoms with Crippen LogP contribution in [-0.4, -0.2) is 30.1 Å². The maximum Gasteiger partial charge on any atom is 0.248 e. The number of sulfone groups is 1. The third kappa shape index (κ3) is 4.36. The minimum atomic E-state index is -3.29. The minimum absolute atomic E-state index is 0.0955. The highest BCUT2D eigenvalue weighted by atomic mass is 32.2. The number of amides is 1. The van der Waals surface area contributed by atoms with Crippen molar-refractivity contribution in [2.45, 2.75) is 17.9 Å². The Balaban J connectivity index is 1.62. The van der Waals surface area contributed by atoms with Gasteiger partial charge in [0.05, 0.1) is 22.0 Å². The van der Waals surface area contributed by atoms with E-state index in [2.05, 4.69) is 47.1 Å². The zero-order valence-corrected chi connectivity index (χ0v) is 20.1. The summed E-state index contributed by atoms with van der Waals surface area (Å²) in [5.74, 6) is 0.0456. The van der Waals surface area contributed by atoms with Gasteiger partial charge in [-0.25, -0.2) is 13.4 Å². The van der Waals surface area contributed by atoms with Gasteiger partial charge in [0, 0.05) is 17.5 Å². The summed E-state index contributed by atoms with van der Waals surface area (Å²) in [7, 11) is -3.29. The van der Waals surface area contributed by atoms with Gasteiger partial charge >= 0.3 is 0 Å². The topological polar surface area (TPSA) is 107 Å². The summed E-state index contributed by atoms with van der Waals surface area (Å²) in [4.78, 5) is 16.7.